The number of benzene rings is 1. The highest BCUT2D eigenvalue weighted by Crippen LogP contribution is 2.41. The Kier molecular flexibility index (Phi) is 3.30. The lowest BCUT2D eigenvalue weighted by atomic mass is 9.99. The molecule has 0 aromatic heterocycles. The number of nitrogen functional groups attached to an aromatic ring is 1. The third kappa shape index (κ3) is 2.68. The molecule has 1 fully saturated rings. The Labute approximate surface area is 125 Å². The van der Waals surface area contributed by atoms with Crippen molar-refractivity contribution in [1.82, 2.24) is 0 Å². The molecule has 2 heterocycles. The third-order valence-electron chi connectivity index (χ3n) is 4.23. The smallest absolute Gasteiger partial charge is 0.133 e. The van der Waals surface area contributed by atoms with Crippen LogP contribution in [-0.2, 0) is 11.2 Å². The van der Waals surface area contributed by atoms with Gasteiger partial charge in [-0.25, -0.2) is 0 Å². The van der Waals surface area contributed by atoms with Gasteiger partial charge < -0.3 is 25.2 Å². The first-order valence-corrected chi connectivity index (χ1v) is 7.43. The summed E-state index contributed by atoms with van der Waals surface area (Å²) in [6, 6.07) is 3.99. The number of hydrogen-bond acceptors (Lipinski definition) is 5. The van der Waals surface area contributed by atoms with E-state index >= 15 is 0 Å². The lowest BCUT2D eigenvalue weighted by Crippen LogP contribution is -2.48. The number of nitrogens with zero attached hydrogens (tertiary/aromatic N) is 1. The van der Waals surface area contributed by atoms with Crippen molar-refractivity contribution in [3.05, 3.63) is 17.7 Å². The van der Waals surface area contributed by atoms with Gasteiger partial charge in [-0.05, 0) is 26.8 Å². The lowest BCUT2D eigenvalue weighted by molar-refractivity contribution is -0.0276. The van der Waals surface area contributed by atoms with Gasteiger partial charge in [-0.15, -0.1) is 0 Å². The second kappa shape index (κ2) is 4.78. The van der Waals surface area contributed by atoms with Gasteiger partial charge in [0.1, 0.15) is 11.4 Å². The van der Waals surface area contributed by atoms with Crippen LogP contribution in [0.5, 0.6) is 5.75 Å². The minimum Gasteiger partial charge on any atom is -0.484 e. The number of fused-ring (bicyclic) bond motifs is 1. The molecule has 21 heavy (non-hydrogen) atoms. The molecule has 5 nitrogen and oxygen atoms in total. The molecule has 1 aromatic rings. The summed E-state index contributed by atoms with van der Waals surface area (Å²) >= 11 is 0. The molecule has 1 aromatic carbocycles. The molecule has 0 radical (unpaired) electrons. The normalized spacial score (nSPS) is 27.3. The predicted molar refractivity (Wildman–Crippen MR) is 82.9 cm³/mol. The van der Waals surface area contributed by atoms with Crippen LogP contribution in [0.25, 0.3) is 0 Å². The number of anilines is 2. The molecule has 3 rings (SSSR count). The number of morpholine rings is 1. The summed E-state index contributed by atoms with van der Waals surface area (Å²) in [4.78, 5) is 2.25. The fourth-order valence-corrected chi connectivity index (χ4v) is 3.15. The van der Waals surface area contributed by atoms with Crippen molar-refractivity contribution >= 4 is 11.4 Å². The average Bonchev–Trinajstić information content (AvgIpc) is 2.73. The Morgan fingerprint density at radius 1 is 1.33 bits per heavy atom. The first-order chi connectivity index (χ1) is 9.82. The molecule has 116 valence electrons. The van der Waals surface area contributed by atoms with Crippen molar-refractivity contribution in [3.8, 4) is 5.75 Å². The minimum atomic E-state index is -0.530. The Hall–Kier alpha value is -1.46. The van der Waals surface area contributed by atoms with Gasteiger partial charge in [0, 0.05) is 31.1 Å². The number of hydrogen-bond donors (Lipinski definition) is 2. The number of ether oxygens (including phenoxy) is 2. The molecule has 0 aliphatic carbocycles. The van der Waals surface area contributed by atoms with E-state index in [0.29, 0.717) is 13.0 Å². The largest absolute Gasteiger partial charge is 0.484 e. The molecule has 5 heteroatoms. The summed E-state index contributed by atoms with van der Waals surface area (Å²) in [7, 11) is 0. The van der Waals surface area contributed by atoms with Crippen molar-refractivity contribution in [2.75, 3.05) is 36.9 Å². The molecule has 1 atom stereocenters. The molecule has 1 unspecified atom stereocenters. The van der Waals surface area contributed by atoms with Gasteiger partial charge in [0.05, 0.1) is 30.2 Å². The van der Waals surface area contributed by atoms with Crippen LogP contribution < -0.4 is 15.4 Å². The molecule has 0 amide bonds. The Bertz CT molecular complexity index is 559. The second-order valence-corrected chi connectivity index (χ2v) is 6.94. The maximum atomic E-state index is 9.47. The third-order valence-corrected chi connectivity index (χ3v) is 4.23. The van der Waals surface area contributed by atoms with Crippen LogP contribution in [0.3, 0.4) is 0 Å². The second-order valence-electron chi connectivity index (χ2n) is 6.94. The first-order valence-electron chi connectivity index (χ1n) is 7.43. The number of aliphatic hydroxyl groups is 1. The minimum absolute atomic E-state index is 0.00149. The van der Waals surface area contributed by atoms with E-state index in [-0.39, 0.29) is 12.2 Å². The Morgan fingerprint density at radius 2 is 2.10 bits per heavy atom. The Morgan fingerprint density at radius 3 is 2.76 bits per heavy atom. The van der Waals surface area contributed by atoms with Gasteiger partial charge in [0.15, 0.2) is 0 Å². The van der Waals surface area contributed by atoms with Crippen molar-refractivity contribution in [2.24, 2.45) is 0 Å². The van der Waals surface area contributed by atoms with E-state index in [1.54, 1.807) is 0 Å². The van der Waals surface area contributed by atoms with Gasteiger partial charge >= 0.3 is 0 Å². The number of rotatable bonds is 2. The molecule has 0 saturated carbocycles. The summed E-state index contributed by atoms with van der Waals surface area (Å²) in [5.74, 6) is 0.833. The molecular formula is C16H24N2O3. The van der Waals surface area contributed by atoms with Crippen molar-refractivity contribution in [1.29, 1.82) is 0 Å². The Balaban J connectivity index is 1.90. The molecule has 1 saturated heterocycles. The highest BCUT2D eigenvalue weighted by atomic mass is 16.5. The highest BCUT2D eigenvalue weighted by molar-refractivity contribution is 5.72. The van der Waals surface area contributed by atoms with Gasteiger partial charge in [-0.2, -0.15) is 0 Å². The summed E-state index contributed by atoms with van der Waals surface area (Å²) in [5, 5.41) is 9.47. The summed E-state index contributed by atoms with van der Waals surface area (Å²) in [5.41, 5.74) is 8.36. The monoisotopic (exact) mass is 292 g/mol. The van der Waals surface area contributed by atoms with Crippen LogP contribution in [0.15, 0.2) is 12.1 Å². The first kappa shape index (κ1) is 14.5. The van der Waals surface area contributed by atoms with Gasteiger partial charge in [-0.1, -0.05) is 0 Å². The average molecular weight is 292 g/mol. The van der Waals surface area contributed by atoms with Crippen LogP contribution in [0, 0.1) is 0 Å². The predicted octanol–water partition coefficient (Wildman–Crippen LogP) is 1.57. The zero-order valence-electron chi connectivity index (χ0n) is 13.0. The molecule has 2 aliphatic rings. The van der Waals surface area contributed by atoms with E-state index in [0.717, 1.165) is 35.8 Å². The van der Waals surface area contributed by atoms with E-state index in [2.05, 4.69) is 18.7 Å². The standard InChI is InChI=1S/C16H24N2O3/c1-15(2)9-18(4-5-20-15)13-7-14-11(6-12(13)17)8-16(3,10-19)21-14/h6-7,19H,4-5,8-10,17H2,1-3H3. The fraction of sp³-hybridized carbons (Fsp3) is 0.625. The summed E-state index contributed by atoms with van der Waals surface area (Å²) < 4.78 is 11.7. The zero-order valence-corrected chi connectivity index (χ0v) is 13.0. The molecule has 0 spiro atoms. The van der Waals surface area contributed by atoms with Crippen LogP contribution in [0.1, 0.15) is 26.3 Å². The molecule has 0 bridgehead atoms. The van der Waals surface area contributed by atoms with E-state index < -0.39 is 5.60 Å². The molecular weight excluding hydrogens is 268 g/mol. The van der Waals surface area contributed by atoms with Crippen LogP contribution in [-0.4, -0.2) is 42.6 Å². The fourth-order valence-electron chi connectivity index (χ4n) is 3.15. The van der Waals surface area contributed by atoms with E-state index in [9.17, 15) is 5.11 Å². The maximum Gasteiger partial charge on any atom is 0.133 e. The van der Waals surface area contributed by atoms with Crippen molar-refractivity contribution in [2.45, 2.75) is 38.4 Å². The molecule has 2 aliphatic heterocycles. The SMILES string of the molecule is CC1(C)CN(c2cc3c(cc2N)CC(C)(CO)O3)CCO1. The topological polar surface area (TPSA) is 68.0 Å². The van der Waals surface area contributed by atoms with E-state index in [1.165, 1.54) is 0 Å². The van der Waals surface area contributed by atoms with E-state index in [1.807, 2.05) is 19.1 Å². The van der Waals surface area contributed by atoms with Gasteiger partial charge in [-0.3, -0.25) is 0 Å². The lowest BCUT2D eigenvalue weighted by Gasteiger charge is -2.40. The summed E-state index contributed by atoms with van der Waals surface area (Å²) in [6.45, 7) is 8.40. The quantitative estimate of drug-likeness (QED) is 0.810. The van der Waals surface area contributed by atoms with Gasteiger partial charge in [0.2, 0.25) is 0 Å². The van der Waals surface area contributed by atoms with Crippen molar-refractivity contribution in [3.63, 3.8) is 0 Å². The van der Waals surface area contributed by atoms with Crippen molar-refractivity contribution < 1.29 is 14.6 Å². The van der Waals surface area contributed by atoms with Crippen LogP contribution >= 0.6 is 0 Å². The highest BCUT2D eigenvalue weighted by Gasteiger charge is 2.36. The van der Waals surface area contributed by atoms with Crippen LogP contribution in [0.2, 0.25) is 0 Å². The number of aliphatic hydroxyl groups excluding tert-OH is 1. The maximum absolute atomic E-state index is 9.47. The van der Waals surface area contributed by atoms with Crippen LogP contribution in [0.4, 0.5) is 11.4 Å². The van der Waals surface area contributed by atoms with Gasteiger partial charge in [0.25, 0.3) is 0 Å². The number of nitrogens with two attached hydrogens (primary N) is 1. The summed E-state index contributed by atoms with van der Waals surface area (Å²) in [6.07, 6.45) is 0.692. The van der Waals surface area contributed by atoms with E-state index in [4.69, 9.17) is 15.2 Å². The zero-order chi connectivity index (χ0) is 15.3. The molecule has 3 N–H and O–H groups in total.